The lowest BCUT2D eigenvalue weighted by Gasteiger charge is -2.36. The highest BCUT2D eigenvalue weighted by molar-refractivity contribution is 9.10. The van der Waals surface area contributed by atoms with Crippen LogP contribution in [0, 0.1) is 11.3 Å². The Morgan fingerprint density at radius 3 is 2.71 bits per heavy atom. The van der Waals surface area contributed by atoms with Gasteiger partial charge in [0.25, 0.3) is 0 Å². The van der Waals surface area contributed by atoms with Gasteiger partial charge in [-0.05, 0) is 24.6 Å². The number of nitriles is 1. The molecule has 0 aromatic heterocycles. The van der Waals surface area contributed by atoms with Crippen molar-refractivity contribution in [3.05, 3.63) is 34.3 Å². The molecular weight excluding hydrogens is 334 g/mol. The summed E-state index contributed by atoms with van der Waals surface area (Å²) >= 11 is 3.43. The Morgan fingerprint density at radius 1 is 1.43 bits per heavy atom. The molecule has 0 N–H and O–H groups in total. The summed E-state index contributed by atoms with van der Waals surface area (Å²) in [7, 11) is 0. The maximum absolute atomic E-state index is 11.7. The van der Waals surface area contributed by atoms with Gasteiger partial charge in [0, 0.05) is 30.7 Å². The van der Waals surface area contributed by atoms with Gasteiger partial charge in [0.15, 0.2) is 0 Å². The fraction of sp³-hybridized carbons (Fsp3) is 0.467. The van der Waals surface area contributed by atoms with E-state index < -0.39 is 0 Å². The van der Waals surface area contributed by atoms with Gasteiger partial charge < -0.3 is 9.64 Å². The highest BCUT2D eigenvalue weighted by Gasteiger charge is 2.27. The average Bonchev–Trinajstić information content (AvgIpc) is 2.49. The molecule has 112 valence electrons. The van der Waals surface area contributed by atoms with E-state index in [-0.39, 0.29) is 12.1 Å². The second-order valence-corrected chi connectivity index (χ2v) is 5.72. The van der Waals surface area contributed by atoms with Gasteiger partial charge in [0.1, 0.15) is 6.04 Å². The summed E-state index contributed by atoms with van der Waals surface area (Å²) in [5, 5.41) is 9.47. The molecule has 0 bridgehead atoms. The molecule has 1 fully saturated rings. The highest BCUT2D eigenvalue weighted by atomic mass is 79.9. The number of carbonyl (C=O) groups is 1. The van der Waals surface area contributed by atoms with Crippen LogP contribution in [-0.4, -0.2) is 48.7 Å². The molecule has 1 aliphatic heterocycles. The van der Waals surface area contributed by atoms with Crippen molar-refractivity contribution in [1.82, 2.24) is 9.80 Å². The third-order valence-electron chi connectivity index (χ3n) is 3.49. The van der Waals surface area contributed by atoms with Crippen LogP contribution in [-0.2, 0) is 4.74 Å². The monoisotopic (exact) mass is 351 g/mol. The number of halogens is 1. The number of nitrogens with zero attached hydrogens (tertiary/aromatic N) is 3. The number of ether oxygens (including phenoxy) is 1. The van der Waals surface area contributed by atoms with Gasteiger partial charge >= 0.3 is 6.09 Å². The van der Waals surface area contributed by atoms with E-state index in [9.17, 15) is 10.1 Å². The van der Waals surface area contributed by atoms with E-state index in [0.717, 1.165) is 10.0 Å². The molecule has 0 aliphatic carbocycles. The van der Waals surface area contributed by atoms with Gasteiger partial charge in [-0.2, -0.15) is 5.26 Å². The van der Waals surface area contributed by atoms with Gasteiger partial charge in [0.2, 0.25) is 0 Å². The summed E-state index contributed by atoms with van der Waals surface area (Å²) in [5.41, 5.74) is 0.969. The summed E-state index contributed by atoms with van der Waals surface area (Å²) in [5.74, 6) is 0. The van der Waals surface area contributed by atoms with Crippen LogP contribution in [0.3, 0.4) is 0 Å². The Kier molecular flexibility index (Phi) is 5.59. The maximum Gasteiger partial charge on any atom is 0.409 e. The van der Waals surface area contributed by atoms with E-state index in [4.69, 9.17) is 4.74 Å². The van der Waals surface area contributed by atoms with Crippen molar-refractivity contribution >= 4 is 22.0 Å². The minimum absolute atomic E-state index is 0.270. The van der Waals surface area contributed by atoms with Crippen molar-refractivity contribution in [2.75, 3.05) is 32.8 Å². The predicted molar refractivity (Wildman–Crippen MR) is 82.7 cm³/mol. The number of benzene rings is 1. The van der Waals surface area contributed by atoms with Crippen molar-refractivity contribution in [2.24, 2.45) is 0 Å². The summed E-state index contributed by atoms with van der Waals surface area (Å²) in [6.07, 6.45) is -0.270. The van der Waals surface area contributed by atoms with Crippen LogP contribution in [0.2, 0.25) is 0 Å². The molecule has 1 amide bonds. The minimum Gasteiger partial charge on any atom is -0.450 e. The first kappa shape index (κ1) is 15.8. The number of amides is 1. The number of hydrogen-bond donors (Lipinski definition) is 0. The van der Waals surface area contributed by atoms with E-state index in [1.807, 2.05) is 24.3 Å². The lowest BCUT2D eigenvalue weighted by atomic mass is 10.1. The molecule has 6 heteroatoms. The Hall–Kier alpha value is -1.58. The summed E-state index contributed by atoms with van der Waals surface area (Å²) in [6.45, 7) is 4.70. The van der Waals surface area contributed by atoms with Crippen LogP contribution in [0.25, 0.3) is 0 Å². The number of rotatable bonds is 3. The third-order valence-corrected chi connectivity index (χ3v) is 3.99. The van der Waals surface area contributed by atoms with E-state index in [1.165, 1.54) is 0 Å². The molecule has 5 nitrogen and oxygen atoms in total. The van der Waals surface area contributed by atoms with E-state index in [0.29, 0.717) is 32.8 Å². The first-order chi connectivity index (χ1) is 10.2. The maximum atomic E-state index is 11.7. The zero-order chi connectivity index (χ0) is 15.2. The Balaban J connectivity index is 2.00. The second-order valence-electron chi connectivity index (χ2n) is 4.81. The molecule has 1 heterocycles. The average molecular weight is 352 g/mol. The van der Waals surface area contributed by atoms with Crippen molar-refractivity contribution < 1.29 is 9.53 Å². The molecule has 2 rings (SSSR count). The van der Waals surface area contributed by atoms with Crippen molar-refractivity contribution in [3.8, 4) is 6.07 Å². The summed E-state index contributed by atoms with van der Waals surface area (Å²) < 4.78 is 5.96. The highest BCUT2D eigenvalue weighted by Crippen LogP contribution is 2.24. The molecule has 1 atom stereocenters. The summed E-state index contributed by atoms with van der Waals surface area (Å²) in [6, 6.07) is 9.86. The molecule has 0 saturated carbocycles. The minimum atomic E-state index is -0.285. The Bertz CT molecular complexity index is 536. The molecule has 21 heavy (non-hydrogen) atoms. The van der Waals surface area contributed by atoms with Crippen LogP contribution in [0.15, 0.2) is 28.7 Å². The van der Waals surface area contributed by atoms with Crippen LogP contribution < -0.4 is 0 Å². The van der Waals surface area contributed by atoms with E-state index in [2.05, 4.69) is 26.9 Å². The largest absolute Gasteiger partial charge is 0.450 e. The number of hydrogen-bond acceptors (Lipinski definition) is 4. The molecule has 1 aromatic carbocycles. The Labute approximate surface area is 133 Å². The molecule has 1 aliphatic rings. The lowest BCUT2D eigenvalue weighted by molar-refractivity contribution is 0.0733. The van der Waals surface area contributed by atoms with Gasteiger partial charge in [-0.1, -0.05) is 28.1 Å². The van der Waals surface area contributed by atoms with Crippen LogP contribution >= 0.6 is 15.9 Å². The smallest absolute Gasteiger partial charge is 0.409 e. The summed E-state index contributed by atoms with van der Waals surface area (Å²) in [4.78, 5) is 15.5. The van der Waals surface area contributed by atoms with Gasteiger partial charge in [-0.3, -0.25) is 4.90 Å². The first-order valence-corrected chi connectivity index (χ1v) is 7.76. The second kappa shape index (κ2) is 7.43. The molecule has 0 spiro atoms. The predicted octanol–water partition coefficient (Wildman–Crippen LogP) is 2.79. The van der Waals surface area contributed by atoms with E-state index in [1.54, 1.807) is 11.8 Å². The first-order valence-electron chi connectivity index (χ1n) is 6.96. The molecule has 1 saturated heterocycles. The standard InChI is InChI=1S/C15H18BrN3O2/c1-2-21-15(20)19-8-6-18(7-9-19)14(11-17)12-4-3-5-13(16)10-12/h3-5,10,14H,2,6-9H2,1H3. The van der Waals surface area contributed by atoms with Crippen molar-refractivity contribution in [2.45, 2.75) is 13.0 Å². The zero-order valence-electron chi connectivity index (χ0n) is 12.0. The number of carbonyl (C=O) groups excluding carboxylic acids is 1. The van der Waals surface area contributed by atoms with Crippen LogP contribution in [0.4, 0.5) is 4.79 Å². The van der Waals surface area contributed by atoms with Crippen LogP contribution in [0.1, 0.15) is 18.5 Å². The quantitative estimate of drug-likeness (QED) is 0.840. The zero-order valence-corrected chi connectivity index (χ0v) is 13.5. The molecular formula is C15H18BrN3O2. The molecule has 1 unspecified atom stereocenters. The fourth-order valence-electron chi connectivity index (χ4n) is 2.42. The van der Waals surface area contributed by atoms with Gasteiger partial charge in [0.05, 0.1) is 12.7 Å². The van der Waals surface area contributed by atoms with E-state index >= 15 is 0 Å². The normalized spacial score (nSPS) is 17.1. The number of piperazine rings is 1. The molecule has 0 radical (unpaired) electrons. The lowest BCUT2D eigenvalue weighted by Crippen LogP contribution is -2.49. The fourth-order valence-corrected chi connectivity index (χ4v) is 2.84. The SMILES string of the molecule is CCOC(=O)N1CCN(C(C#N)c2cccc(Br)c2)CC1. The van der Waals surface area contributed by atoms with Crippen LogP contribution in [0.5, 0.6) is 0 Å². The van der Waals surface area contributed by atoms with Crippen molar-refractivity contribution in [3.63, 3.8) is 0 Å². The van der Waals surface area contributed by atoms with Gasteiger partial charge in [-0.25, -0.2) is 4.79 Å². The van der Waals surface area contributed by atoms with Crippen molar-refractivity contribution in [1.29, 1.82) is 5.26 Å². The topological polar surface area (TPSA) is 56.6 Å². The third kappa shape index (κ3) is 3.96. The van der Waals surface area contributed by atoms with Gasteiger partial charge in [-0.15, -0.1) is 0 Å². The Morgan fingerprint density at radius 2 is 2.14 bits per heavy atom. The molecule has 1 aromatic rings.